The van der Waals surface area contributed by atoms with Gasteiger partial charge in [0.2, 0.25) is 35.4 Å². The van der Waals surface area contributed by atoms with Crippen LogP contribution in [-0.2, 0) is 72.6 Å². The molecular formula is C52H53FN8O12S. The monoisotopic (exact) mass is 1030 g/mol. The van der Waals surface area contributed by atoms with Gasteiger partial charge in [-0.15, -0.1) is 0 Å². The Kier molecular flexibility index (Phi) is 15.7. The number of imide groups is 1. The van der Waals surface area contributed by atoms with E-state index in [-0.39, 0.29) is 61.7 Å². The molecule has 4 aliphatic rings. The Morgan fingerprint density at radius 3 is 2.41 bits per heavy atom. The minimum absolute atomic E-state index is 0.0317. The summed E-state index contributed by atoms with van der Waals surface area (Å²) in [5.41, 5.74) is 3.84. The van der Waals surface area contributed by atoms with Crippen LogP contribution in [0.2, 0.25) is 0 Å². The number of anilines is 1. The number of pyridine rings is 1. The van der Waals surface area contributed by atoms with Crippen LogP contribution in [0, 0.1) is 12.7 Å². The maximum absolute atomic E-state index is 15.4. The molecule has 4 aromatic rings. The molecule has 3 aliphatic heterocycles. The lowest BCUT2D eigenvalue weighted by atomic mass is 9.69. The first-order valence-corrected chi connectivity index (χ1v) is 24.2. The van der Waals surface area contributed by atoms with Gasteiger partial charge in [-0.05, 0) is 66.3 Å². The average Bonchev–Trinajstić information content (AvgIpc) is 3.67. The van der Waals surface area contributed by atoms with Crippen molar-refractivity contribution in [3.8, 4) is 0 Å². The molecule has 0 saturated carbocycles. The molecule has 1 fully saturated rings. The highest BCUT2D eigenvalue weighted by atomic mass is 32.1. The first kappa shape index (κ1) is 52.5. The molecule has 4 unspecified atom stereocenters. The number of aryl methyl sites for hydroxylation is 1. The van der Waals surface area contributed by atoms with Crippen LogP contribution < -0.4 is 31.5 Å². The van der Waals surface area contributed by atoms with Gasteiger partial charge in [0.25, 0.3) is 11.8 Å². The number of nitrogens with zero attached hydrogens (tertiary/aromatic N) is 3. The van der Waals surface area contributed by atoms with E-state index in [1.807, 2.05) is 6.92 Å². The molecule has 8 rings (SSSR count). The molecule has 74 heavy (non-hydrogen) atoms. The Labute approximate surface area is 428 Å². The summed E-state index contributed by atoms with van der Waals surface area (Å²) in [6, 6.07) is 14.7. The van der Waals surface area contributed by atoms with Crippen LogP contribution in [-0.4, -0.2) is 132 Å². The zero-order chi connectivity index (χ0) is 53.0. The predicted octanol–water partition coefficient (Wildman–Crippen LogP) is 1.13. The Morgan fingerprint density at radius 1 is 0.932 bits per heavy atom. The smallest absolute Gasteiger partial charge is 0.340 e. The van der Waals surface area contributed by atoms with Crippen molar-refractivity contribution in [1.29, 1.82) is 0 Å². The van der Waals surface area contributed by atoms with Gasteiger partial charge < -0.3 is 46.1 Å². The topological polar surface area (TPSA) is 272 Å². The number of carbonyl (C=O) groups is 9. The number of hydrogen-bond donors (Lipinski definition) is 7. The van der Waals surface area contributed by atoms with Crippen LogP contribution in [0.4, 0.5) is 10.1 Å². The number of amides is 8. The van der Waals surface area contributed by atoms with Crippen molar-refractivity contribution in [2.75, 3.05) is 51.5 Å². The molecule has 1 aliphatic carbocycles. The second-order valence-corrected chi connectivity index (χ2v) is 19.2. The number of likely N-dealkylation sites (N-methyl/N-ethyl adjacent to an activating group) is 1. The van der Waals surface area contributed by atoms with Crippen LogP contribution >= 0.6 is 12.6 Å². The minimum atomic E-state index is -1.69. The molecule has 3 aromatic carbocycles. The molecule has 0 spiro atoms. The maximum atomic E-state index is 15.4. The molecule has 0 bridgehead atoms. The average molecular weight is 1030 g/mol. The van der Waals surface area contributed by atoms with E-state index in [9.17, 15) is 48.3 Å². The van der Waals surface area contributed by atoms with Crippen molar-refractivity contribution in [2.24, 2.45) is 0 Å². The second-order valence-electron chi connectivity index (χ2n) is 18.6. The van der Waals surface area contributed by atoms with Crippen LogP contribution in [0.1, 0.15) is 63.6 Å². The molecular weight excluding hydrogens is 980 g/mol. The third-order valence-electron chi connectivity index (χ3n) is 13.4. The molecule has 0 radical (unpaired) electrons. The number of ether oxygens (including phenoxy) is 2. The fourth-order valence-corrected chi connectivity index (χ4v) is 9.77. The molecule has 20 nitrogen and oxygen atoms in total. The van der Waals surface area contributed by atoms with Crippen molar-refractivity contribution in [2.45, 2.75) is 68.9 Å². The van der Waals surface area contributed by atoms with Crippen molar-refractivity contribution in [3.05, 3.63) is 123 Å². The molecule has 1 aromatic heterocycles. The van der Waals surface area contributed by atoms with Crippen molar-refractivity contribution >= 4 is 88.5 Å². The summed E-state index contributed by atoms with van der Waals surface area (Å²) < 4.78 is 26.6. The Balaban J connectivity index is 0.866. The van der Waals surface area contributed by atoms with E-state index in [4.69, 9.17) is 14.5 Å². The number of esters is 1. The van der Waals surface area contributed by atoms with Gasteiger partial charge in [-0.2, -0.15) is 12.6 Å². The highest BCUT2D eigenvalue weighted by molar-refractivity contribution is 7.82. The summed E-state index contributed by atoms with van der Waals surface area (Å²) >= 11 is 4.12. The molecule has 22 heteroatoms. The van der Waals surface area contributed by atoms with E-state index in [0.717, 1.165) is 21.4 Å². The molecule has 8 amide bonds. The number of cyclic esters (lactones) is 1. The first-order valence-electron chi connectivity index (χ1n) is 23.6. The van der Waals surface area contributed by atoms with E-state index in [1.54, 1.807) is 50.4 Å². The third-order valence-corrected chi connectivity index (χ3v) is 13.8. The molecule has 386 valence electrons. The first-order chi connectivity index (χ1) is 35.3. The highest BCUT2D eigenvalue weighted by Crippen LogP contribution is 2.46. The largest absolute Gasteiger partial charge is 0.458 e. The summed E-state index contributed by atoms with van der Waals surface area (Å²) in [6.45, 7) is 1.61. The number of halogens is 1. The minimum Gasteiger partial charge on any atom is -0.458 e. The van der Waals surface area contributed by atoms with Gasteiger partial charge in [-0.3, -0.25) is 38.4 Å². The number of rotatable bonds is 16. The van der Waals surface area contributed by atoms with Gasteiger partial charge in [0, 0.05) is 60.0 Å². The van der Waals surface area contributed by atoms with Gasteiger partial charge in [0.15, 0.2) is 6.10 Å². The zero-order valence-electron chi connectivity index (χ0n) is 40.5. The number of benzene rings is 3. The number of aromatic nitrogens is 1. The number of carbonyl (C=O) groups excluding carboxylic acids is 9. The van der Waals surface area contributed by atoms with Crippen molar-refractivity contribution < 1.29 is 62.1 Å². The summed E-state index contributed by atoms with van der Waals surface area (Å²) in [6.07, 6.45) is 2.31. The standard InChI is InChI=1S/C52H53FN8O12S/c1-27-31-14-15-52(2,45-33-23-60(3)49(69)34-24-73-51(71)46(66)32(34)12-13-36(33)58-37(44(31)45)18-35(27)53)25-72-26-57-41(63)21-56-48(68)38(16-28-8-5-4-6-9-28)59-42(64)22-54-40(62)20-55-47(67)29-10-7-11-30(17-29)61-43(65)19-39(74)50(61)70/h4-13,17-18,38-39,46,66,74H,14-16,19-26H2,1-3H3,(H,54,62)(H,55,67)(H,56,68)(H,57,63)(H,59,64)/b13-12+. The Bertz CT molecular complexity index is 3080. The Morgan fingerprint density at radius 2 is 1.66 bits per heavy atom. The van der Waals surface area contributed by atoms with Gasteiger partial charge in [-0.1, -0.05) is 49.4 Å². The molecule has 4 heterocycles. The number of nitrogens with one attached hydrogen (secondary N) is 5. The van der Waals surface area contributed by atoms with Gasteiger partial charge in [0.1, 0.15) is 25.2 Å². The predicted molar refractivity (Wildman–Crippen MR) is 267 cm³/mol. The van der Waals surface area contributed by atoms with E-state index in [2.05, 4.69) is 39.2 Å². The zero-order valence-corrected chi connectivity index (χ0v) is 41.4. The SMILES string of the molecule is Cc1c(F)cc2nc3c(c4c2c1CCC4(C)COCNC(=O)CNC(=O)C(Cc1ccccc1)NC(=O)CNC(=O)CNC(=O)c1cccc(N2C(=O)CC(S)C2=O)c1)CN(C)C(=O)C1=C(/C=C/3)C(O)C(=O)OC1. The quantitative estimate of drug-likeness (QED) is 0.0273. The van der Waals surface area contributed by atoms with E-state index in [1.165, 1.54) is 41.3 Å². The van der Waals surface area contributed by atoms with Crippen LogP contribution in [0.5, 0.6) is 0 Å². The third kappa shape index (κ3) is 11.2. The summed E-state index contributed by atoms with van der Waals surface area (Å²) in [5.74, 6) is -6.21. The molecule has 6 N–H and O–H groups in total. The van der Waals surface area contributed by atoms with Crippen LogP contribution in [0.15, 0.2) is 77.9 Å². The normalized spacial score (nSPS) is 20.1. The number of aliphatic hydroxyl groups is 1. The highest BCUT2D eigenvalue weighted by Gasteiger charge is 2.41. The number of fused-ring (bicyclic) bond motifs is 2. The van der Waals surface area contributed by atoms with E-state index in [0.29, 0.717) is 40.7 Å². The van der Waals surface area contributed by atoms with Crippen molar-refractivity contribution in [1.82, 2.24) is 36.5 Å². The molecule has 4 atom stereocenters. The lowest BCUT2D eigenvalue weighted by Crippen LogP contribution is -2.52. The second kappa shape index (κ2) is 22.1. The van der Waals surface area contributed by atoms with Crippen molar-refractivity contribution in [3.63, 3.8) is 0 Å². The van der Waals surface area contributed by atoms with E-state index >= 15 is 4.39 Å². The van der Waals surface area contributed by atoms with Crippen LogP contribution in [0.3, 0.4) is 0 Å². The van der Waals surface area contributed by atoms with Crippen LogP contribution in [0.25, 0.3) is 17.0 Å². The lowest BCUT2D eigenvalue weighted by Gasteiger charge is -2.39. The van der Waals surface area contributed by atoms with Gasteiger partial charge in [0.05, 0.1) is 54.0 Å². The summed E-state index contributed by atoms with van der Waals surface area (Å²) in [5, 5.41) is 23.2. The number of hydrogen-bond acceptors (Lipinski definition) is 14. The summed E-state index contributed by atoms with van der Waals surface area (Å²) in [7, 11) is 1.59. The fraction of sp³-hybridized carbons (Fsp3) is 0.346. The lowest BCUT2D eigenvalue weighted by molar-refractivity contribution is -0.152. The van der Waals surface area contributed by atoms with Gasteiger partial charge in [-0.25, -0.2) is 19.1 Å². The number of aliphatic hydroxyl groups excluding tert-OH is 1. The summed E-state index contributed by atoms with van der Waals surface area (Å²) in [4.78, 5) is 123. The van der Waals surface area contributed by atoms with Gasteiger partial charge >= 0.3 is 5.97 Å². The molecule has 1 saturated heterocycles. The number of thiol groups is 1. The fourth-order valence-electron chi connectivity index (χ4n) is 9.50. The Hall–Kier alpha value is -7.82. The maximum Gasteiger partial charge on any atom is 0.340 e. The van der Waals surface area contributed by atoms with E-state index < -0.39 is 101 Å².